The first-order valence-corrected chi connectivity index (χ1v) is 8.63. The number of nitrogens with zero attached hydrogens (tertiary/aromatic N) is 1. The number of amides is 1. The van der Waals surface area contributed by atoms with Crippen molar-refractivity contribution in [2.75, 3.05) is 26.2 Å². The van der Waals surface area contributed by atoms with E-state index in [4.69, 9.17) is 0 Å². The summed E-state index contributed by atoms with van der Waals surface area (Å²) in [6.07, 6.45) is 2.44. The zero-order valence-electron chi connectivity index (χ0n) is 14.2. The molecule has 1 unspecified atom stereocenters. The van der Waals surface area contributed by atoms with Gasteiger partial charge in [0.2, 0.25) is 5.91 Å². The van der Waals surface area contributed by atoms with Gasteiger partial charge in [0.25, 0.3) is 0 Å². The molecule has 1 atom stereocenters. The summed E-state index contributed by atoms with van der Waals surface area (Å²) in [5.74, 6) is -0.136. The summed E-state index contributed by atoms with van der Waals surface area (Å²) in [5.41, 5.74) is 2.53. The maximum atomic E-state index is 13.9. The highest BCUT2D eigenvalue weighted by Gasteiger charge is 2.26. The van der Waals surface area contributed by atoms with Crippen LogP contribution in [-0.4, -0.2) is 37.0 Å². The minimum atomic E-state index is -0.224. The fraction of sp³-hybridized carbons (Fsp3) is 0.286. The third kappa shape index (κ3) is 4.15. The molecule has 0 bridgehead atoms. The van der Waals surface area contributed by atoms with Crippen LogP contribution in [0.1, 0.15) is 5.56 Å². The van der Waals surface area contributed by atoms with E-state index in [1.165, 1.54) is 6.07 Å². The molecule has 1 amide bonds. The van der Waals surface area contributed by atoms with Crippen molar-refractivity contribution in [1.82, 2.24) is 10.2 Å². The van der Waals surface area contributed by atoms with E-state index in [2.05, 4.69) is 11.9 Å². The molecule has 0 aliphatic carbocycles. The molecule has 25 heavy (non-hydrogen) atoms. The predicted molar refractivity (Wildman–Crippen MR) is 98.7 cm³/mol. The van der Waals surface area contributed by atoms with E-state index in [-0.39, 0.29) is 17.6 Å². The first-order valence-electron chi connectivity index (χ1n) is 8.63. The predicted octanol–water partition coefficient (Wildman–Crippen LogP) is 3.27. The lowest BCUT2D eigenvalue weighted by Gasteiger charge is -2.22. The van der Waals surface area contributed by atoms with Crippen LogP contribution in [0.5, 0.6) is 0 Å². The second kappa shape index (κ2) is 8.08. The molecule has 0 spiro atoms. The van der Waals surface area contributed by atoms with E-state index in [1.54, 1.807) is 18.2 Å². The van der Waals surface area contributed by atoms with Gasteiger partial charge in [-0.3, -0.25) is 4.79 Å². The molecule has 1 saturated heterocycles. The Morgan fingerprint density at radius 3 is 2.68 bits per heavy atom. The van der Waals surface area contributed by atoms with E-state index in [0.29, 0.717) is 31.6 Å². The van der Waals surface area contributed by atoms with Crippen LogP contribution in [0.15, 0.2) is 61.2 Å². The highest BCUT2D eigenvalue weighted by Crippen LogP contribution is 2.23. The van der Waals surface area contributed by atoms with E-state index in [0.717, 1.165) is 17.7 Å². The van der Waals surface area contributed by atoms with Crippen molar-refractivity contribution in [1.29, 1.82) is 0 Å². The summed E-state index contributed by atoms with van der Waals surface area (Å²) in [4.78, 5) is 14.5. The smallest absolute Gasteiger partial charge is 0.227 e. The minimum absolute atomic E-state index is 0.0817. The molecular formula is C21H23FN2O. The summed E-state index contributed by atoms with van der Waals surface area (Å²) in [6.45, 7) is 6.52. The third-order valence-electron chi connectivity index (χ3n) is 4.58. The first kappa shape index (κ1) is 17.4. The molecule has 2 aromatic carbocycles. The SMILES string of the molecule is C=CCN1CCNCC(Cc2ccc(-c3ccccc3F)cc2)C1=O. The number of carbonyl (C=O) groups excluding carboxylic acids is 1. The largest absolute Gasteiger partial charge is 0.337 e. The van der Waals surface area contributed by atoms with Crippen LogP contribution in [0.2, 0.25) is 0 Å². The van der Waals surface area contributed by atoms with Crippen molar-refractivity contribution < 1.29 is 9.18 Å². The average Bonchev–Trinajstić information content (AvgIpc) is 2.79. The zero-order chi connectivity index (χ0) is 17.6. The Bertz CT molecular complexity index is 742. The Morgan fingerprint density at radius 2 is 1.96 bits per heavy atom. The summed E-state index contributed by atoms with van der Waals surface area (Å²) in [7, 11) is 0. The third-order valence-corrected chi connectivity index (χ3v) is 4.58. The number of hydrogen-bond donors (Lipinski definition) is 1. The highest BCUT2D eigenvalue weighted by atomic mass is 19.1. The lowest BCUT2D eigenvalue weighted by molar-refractivity contribution is -0.133. The van der Waals surface area contributed by atoms with Crippen molar-refractivity contribution >= 4 is 5.91 Å². The van der Waals surface area contributed by atoms with Crippen molar-refractivity contribution in [2.24, 2.45) is 5.92 Å². The van der Waals surface area contributed by atoms with Gasteiger partial charge in [-0.2, -0.15) is 0 Å². The number of carbonyl (C=O) groups is 1. The zero-order valence-corrected chi connectivity index (χ0v) is 14.2. The molecule has 3 nitrogen and oxygen atoms in total. The Labute approximate surface area is 148 Å². The highest BCUT2D eigenvalue weighted by molar-refractivity contribution is 5.80. The molecule has 3 rings (SSSR count). The van der Waals surface area contributed by atoms with Crippen LogP contribution < -0.4 is 5.32 Å². The van der Waals surface area contributed by atoms with Crippen LogP contribution in [-0.2, 0) is 11.2 Å². The Morgan fingerprint density at radius 1 is 1.20 bits per heavy atom. The van der Waals surface area contributed by atoms with Gasteiger partial charge in [0.05, 0.1) is 5.92 Å². The maximum absolute atomic E-state index is 13.9. The van der Waals surface area contributed by atoms with Crippen LogP contribution >= 0.6 is 0 Å². The molecule has 130 valence electrons. The van der Waals surface area contributed by atoms with Gasteiger partial charge in [0.15, 0.2) is 0 Å². The van der Waals surface area contributed by atoms with Crippen molar-refractivity contribution in [3.8, 4) is 11.1 Å². The fourth-order valence-electron chi connectivity index (χ4n) is 3.24. The molecule has 1 aliphatic rings. The van der Waals surface area contributed by atoms with Gasteiger partial charge in [-0.25, -0.2) is 4.39 Å². The molecule has 0 aromatic heterocycles. The maximum Gasteiger partial charge on any atom is 0.227 e. The van der Waals surface area contributed by atoms with Gasteiger partial charge in [-0.05, 0) is 23.6 Å². The van der Waals surface area contributed by atoms with Crippen molar-refractivity contribution in [3.05, 3.63) is 72.6 Å². The Balaban J connectivity index is 1.73. The van der Waals surface area contributed by atoms with Gasteiger partial charge < -0.3 is 10.2 Å². The van der Waals surface area contributed by atoms with Crippen LogP contribution in [0.3, 0.4) is 0 Å². The molecule has 0 saturated carbocycles. The monoisotopic (exact) mass is 338 g/mol. The second-order valence-corrected chi connectivity index (χ2v) is 6.35. The lowest BCUT2D eigenvalue weighted by Crippen LogP contribution is -2.37. The lowest BCUT2D eigenvalue weighted by atomic mass is 9.96. The van der Waals surface area contributed by atoms with Crippen LogP contribution in [0.25, 0.3) is 11.1 Å². The molecule has 1 aliphatic heterocycles. The number of halogens is 1. The van der Waals surface area contributed by atoms with E-state index < -0.39 is 0 Å². The molecule has 1 N–H and O–H groups in total. The summed E-state index contributed by atoms with van der Waals surface area (Å²) in [5, 5.41) is 3.33. The molecule has 1 heterocycles. The van der Waals surface area contributed by atoms with Crippen molar-refractivity contribution in [3.63, 3.8) is 0 Å². The average molecular weight is 338 g/mol. The van der Waals surface area contributed by atoms with Gasteiger partial charge in [0.1, 0.15) is 5.82 Å². The summed E-state index contributed by atoms with van der Waals surface area (Å²) >= 11 is 0. The molecule has 2 aromatic rings. The molecule has 1 fully saturated rings. The molecular weight excluding hydrogens is 315 g/mol. The van der Waals surface area contributed by atoms with Gasteiger partial charge in [-0.1, -0.05) is 48.5 Å². The standard InChI is InChI=1S/C21H23FN2O/c1-2-12-24-13-11-23-15-18(21(24)25)14-16-7-9-17(10-8-16)19-5-3-4-6-20(19)22/h2-10,18,23H,1,11-15H2. The summed E-state index contributed by atoms with van der Waals surface area (Å²) in [6, 6.07) is 14.6. The van der Waals surface area contributed by atoms with E-state index in [9.17, 15) is 9.18 Å². The minimum Gasteiger partial charge on any atom is -0.337 e. The number of rotatable bonds is 5. The number of hydrogen-bond acceptors (Lipinski definition) is 2. The van der Waals surface area contributed by atoms with Crippen molar-refractivity contribution in [2.45, 2.75) is 6.42 Å². The van der Waals surface area contributed by atoms with E-state index in [1.807, 2.05) is 35.2 Å². The fourth-order valence-corrected chi connectivity index (χ4v) is 3.24. The molecule has 4 heteroatoms. The molecule has 0 radical (unpaired) electrons. The topological polar surface area (TPSA) is 32.3 Å². The number of nitrogens with one attached hydrogen (secondary N) is 1. The summed E-state index contributed by atoms with van der Waals surface area (Å²) < 4.78 is 13.9. The Kier molecular flexibility index (Phi) is 5.61. The van der Waals surface area contributed by atoms with Gasteiger partial charge in [-0.15, -0.1) is 6.58 Å². The Hall–Kier alpha value is -2.46. The second-order valence-electron chi connectivity index (χ2n) is 6.35. The van der Waals surface area contributed by atoms with Crippen LogP contribution in [0, 0.1) is 11.7 Å². The van der Waals surface area contributed by atoms with Gasteiger partial charge >= 0.3 is 0 Å². The normalized spacial score (nSPS) is 18.0. The van der Waals surface area contributed by atoms with E-state index >= 15 is 0 Å². The first-order chi connectivity index (χ1) is 12.2. The van der Waals surface area contributed by atoms with Gasteiger partial charge in [0, 0.05) is 31.7 Å². The van der Waals surface area contributed by atoms with Crippen LogP contribution in [0.4, 0.5) is 4.39 Å². The number of benzene rings is 2. The quantitative estimate of drug-likeness (QED) is 0.849.